The summed E-state index contributed by atoms with van der Waals surface area (Å²) in [5.74, 6) is 1.43. The van der Waals surface area contributed by atoms with Crippen molar-refractivity contribution in [2.24, 2.45) is 0 Å². The fraction of sp³-hybridized carbons (Fsp3) is 0.545. The second-order valence-electron chi connectivity index (χ2n) is 3.95. The van der Waals surface area contributed by atoms with Crippen LogP contribution < -0.4 is 5.32 Å². The average molecular weight is 286 g/mol. The molecule has 1 aromatic heterocycles. The Morgan fingerprint density at radius 1 is 1.50 bits per heavy atom. The molecule has 1 aliphatic heterocycles. The largest absolute Gasteiger partial charge is 0.464 e. The quantitative estimate of drug-likeness (QED) is 0.675. The number of anilines is 1. The van der Waals surface area contributed by atoms with E-state index >= 15 is 0 Å². The Balaban J connectivity index is 2.21. The highest BCUT2D eigenvalue weighted by molar-refractivity contribution is 7.99. The summed E-state index contributed by atoms with van der Waals surface area (Å²) in [6.45, 7) is 1.43. The Labute approximate surface area is 113 Å². The van der Waals surface area contributed by atoms with E-state index in [0.29, 0.717) is 16.1 Å². The summed E-state index contributed by atoms with van der Waals surface area (Å²) >= 11 is 3.10. The molecule has 1 saturated heterocycles. The van der Waals surface area contributed by atoms with E-state index in [1.807, 2.05) is 11.8 Å². The van der Waals surface area contributed by atoms with Crippen molar-refractivity contribution in [2.45, 2.75) is 19.4 Å². The first-order valence-electron chi connectivity index (χ1n) is 5.56. The second-order valence-corrected chi connectivity index (χ2v) is 6.10. The standard InChI is InChI=1S/C11H14N2O3S2/c1-6(14)9-8(10(15)16-2)13-11(18-9)12-7-3-4-17-5-7/h7H,3-5H2,1-2H3,(H,12,13). The summed E-state index contributed by atoms with van der Waals surface area (Å²) in [5.41, 5.74) is 0.114. The smallest absolute Gasteiger partial charge is 0.358 e. The van der Waals surface area contributed by atoms with Gasteiger partial charge in [-0.05, 0) is 12.2 Å². The predicted molar refractivity (Wildman–Crippen MR) is 72.8 cm³/mol. The Kier molecular flexibility index (Phi) is 4.23. The van der Waals surface area contributed by atoms with Crippen LogP contribution in [0.15, 0.2) is 0 Å². The number of hydrogen-bond acceptors (Lipinski definition) is 7. The third kappa shape index (κ3) is 2.84. The van der Waals surface area contributed by atoms with Gasteiger partial charge < -0.3 is 10.1 Å². The third-order valence-corrected chi connectivity index (χ3v) is 4.83. The number of carbonyl (C=O) groups excluding carboxylic acids is 2. The molecule has 1 aromatic rings. The van der Waals surface area contributed by atoms with Gasteiger partial charge in [0.15, 0.2) is 16.6 Å². The van der Waals surface area contributed by atoms with Gasteiger partial charge >= 0.3 is 5.97 Å². The summed E-state index contributed by atoms with van der Waals surface area (Å²) in [6, 6.07) is 0.367. The number of thiazole rings is 1. The van der Waals surface area contributed by atoms with Gasteiger partial charge in [0.1, 0.15) is 4.88 Å². The summed E-state index contributed by atoms with van der Waals surface area (Å²) < 4.78 is 4.63. The van der Waals surface area contributed by atoms with Crippen molar-refractivity contribution in [1.82, 2.24) is 4.98 Å². The first-order chi connectivity index (χ1) is 8.61. The van der Waals surface area contributed by atoms with Crippen molar-refractivity contribution in [3.8, 4) is 0 Å². The van der Waals surface area contributed by atoms with Crippen LogP contribution in [0.4, 0.5) is 5.13 Å². The first-order valence-corrected chi connectivity index (χ1v) is 7.53. The van der Waals surface area contributed by atoms with Gasteiger partial charge in [-0.1, -0.05) is 11.3 Å². The fourth-order valence-corrected chi connectivity index (χ4v) is 3.76. The minimum absolute atomic E-state index is 0.114. The van der Waals surface area contributed by atoms with Crippen molar-refractivity contribution in [2.75, 3.05) is 23.9 Å². The van der Waals surface area contributed by atoms with Crippen LogP contribution in [0.2, 0.25) is 0 Å². The highest BCUT2D eigenvalue weighted by Gasteiger charge is 2.23. The van der Waals surface area contributed by atoms with Crippen LogP contribution in [-0.4, -0.2) is 41.4 Å². The number of ether oxygens (including phenoxy) is 1. The van der Waals surface area contributed by atoms with Gasteiger partial charge in [-0.2, -0.15) is 11.8 Å². The van der Waals surface area contributed by atoms with E-state index in [9.17, 15) is 9.59 Å². The average Bonchev–Trinajstić information content (AvgIpc) is 2.97. The minimum atomic E-state index is -0.565. The van der Waals surface area contributed by atoms with Crippen LogP contribution in [0, 0.1) is 0 Å². The molecule has 0 amide bonds. The van der Waals surface area contributed by atoms with Gasteiger partial charge in [0.05, 0.1) is 7.11 Å². The Bertz CT molecular complexity index is 467. The van der Waals surface area contributed by atoms with Crippen molar-refractivity contribution < 1.29 is 14.3 Å². The highest BCUT2D eigenvalue weighted by Crippen LogP contribution is 2.27. The Morgan fingerprint density at radius 3 is 2.83 bits per heavy atom. The van der Waals surface area contributed by atoms with Crippen LogP contribution in [0.5, 0.6) is 0 Å². The molecule has 7 heteroatoms. The number of rotatable bonds is 4. The first kappa shape index (κ1) is 13.4. The second kappa shape index (κ2) is 5.71. The van der Waals surface area contributed by atoms with Crippen LogP contribution in [-0.2, 0) is 4.74 Å². The van der Waals surface area contributed by atoms with Gasteiger partial charge in [0, 0.05) is 18.7 Å². The number of thioether (sulfide) groups is 1. The molecule has 2 heterocycles. The molecule has 1 N–H and O–H groups in total. The number of ketones is 1. The van der Waals surface area contributed by atoms with Gasteiger partial charge in [-0.15, -0.1) is 0 Å². The van der Waals surface area contributed by atoms with Crippen molar-refractivity contribution >= 4 is 40.0 Å². The molecule has 0 spiro atoms. The number of nitrogens with zero attached hydrogens (tertiary/aromatic N) is 1. The normalized spacial score (nSPS) is 18.7. The molecule has 5 nitrogen and oxygen atoms in total. The molecule has 18 heavy (non-hydrogen) atoms. The summed E-state index contributed by atoms with van der Waals surface area (Å²) in [4.78, 5) is 27.5. The van der Waals surface area contributed by atoms with Crippen LogP contribution in [0.3, 0.4) is 0 Å². The van der Waals surface area contributed by atoms with Gasteiger partial charge in [-0.3, -0.25) is 4.79 Å². The van der Waals surface area contributed by atoms with E-state index in [2.05, 4.69) is 15.0 Å². The molecule has 1 aliphatic rings. The van der Waals surface area contributed by atoms with Gasteiger partial charge in [0.2, 0.25) is 0 Å². The minimum Gasteiger partial charge on any atom is -0.464 e. The van der Waals surface area contributed by atoms with Gasteiger partial charge in [-0.25, -0.2) is 9.78 Å². The van der Waals surface area contributed by atoms with Crippen LogP contribution >= 0.6 is 23.1 Å². The zero-order chi connectivity index (χ0) is 13.1. The molecule has 0 bridgehead atoms. The Morgan fingerprint density at radius 2 is 2.28 bits per heavy atom. The molecule has 1 fully saturated rings. The summed E-state index contributed by atoms with van der Waals surface area (Å²) in [6.07, 6.45) is 1.08. The SMILES string of the molecule is COC(=O)c1nc(NC2CCSC2)sc1C(C)=O. The van der Waals surface area contributed by atoms with E-state index in [0.717, 1.165) is 17.9 Å². The summed E-state index contributed by atoms with van der Waals surface area (Å²) in [7, 11) is 1.28. The highest BCUT2D eigenvalue weighted by atomic mass is 32.2. The molecule has 0 aliphatic carbocycles. The third-order valence-electron chi connectivity index (χ3n) is 2.58. The maximum Gasteiger partial charge on any atom is 0.358 e. The molecule has 2 rings (SSSR count). The number of carbonyl (C=O) groups is 2. The molecule has 1 atom stereocenters. The van der Waals surface area contributed by atoms with Crippen molar-refractivity contribution in [3.63, 3.8) is 0 Å². The number of aromatic nitrogens is 1. The molecule has 0 radical (unpaired) electrons. The van der Waals surface area contributed by atoms with E-state index in [1.54, 1.807) is 0 Å². The van der Waals surface area contributed by atoms with E-state index in [1.165, 1.54) is 25.4 Å². The number of methoxy groups -OCH3 is 1. The molecular formula is C11H14N2O3S2. The monoisotopic (exact) mass is 286 g/mol. The molecule has 98 valence electrons. The molecule has 1 unspecified atom stereocenters. The maximum atomic E-state index is 11.5. The maximum absolute atomic E-state index is 11.5. The zero-order valence-corrected chi connectivity index (χ0v) is 11.8. The predicted octanol–water partition coefficient (Wildman–Crippen LogP) is 2.05. The van der Waals surface area contributed by atoms with Crippen molar-refractivity contribution in [1.29, 1.82) is 0 Å². The van der Waals surface area contributed by atoms with E-state index in [4.69, 9.17) is 0 Å². The number of hydrogen-bond donors (Lipinski definition) is 1. The number of nitrogens with one attached hydrogen (secondary N) is 1. The summed E-state index contributed by atoms with van der Waals surface area (Å²) in [5, 5.41) is 3.88. The zero-order valence-electron chi connectivity index (χ0n) is 10.2. The Hall–Kier alpha value is -1.08. The molecular weight excluding hydrogens is 272 g/mol. The molecule has 0 saturated carbocycles. The van der Waals surface area contributed by atoms with Gasteiger partial charge in [0.25, 0.3) is 0 Å². The lowest BCUT2D eigenvalue weighted by Gasteiger charge is -2.08. The number of Topliss-reactive ketones (excluding diaryl/α,β-unsaturated/α-hetero) is 1. The molecule has 0 aromatic carbocycles. The van der Waals surface area contributed by atoms with Crippen LogP contribution in [0.25, 0.3) is 0 Å². The number of esters is 1. The topological polar surface area (TPSA) is 68.3 Å². The van der Waals surface area contributed by atoms with Crippen molar-refractivity contribution in [3.05, 3.63) is 10.6 Å². The van der Waals surface area contributed by atoms with E-state index < -0.39 is 5.97 Å². The lowest BCUT2D eigenvalue weighted by Crippen LogP contribution is -2.18. The fourth-order valence-electron chi connectivity index (χ4n) is 1.68. The van der Waals surface area contributed by atoms with E-state index in [-0.39, 0.29) is 11.5 Å². The lowest BCUT2D eigenvalue weighted by molar-refractivity contribution is 0.0591. The van der Waals surface area contributed by atoms with Crippen LogP contribution in [0.1, 0.15) is 33.5 Å². The lowest BCUT2D eigenvalue weighted by atomic mass is 10.3.